The molecule has 0 aliphatic rings. The van der Waals surface area contributed by atoms with Crippen LogP contribution in [0.25, 0.3) is 0 Å². The third-order valence-corrected chi connectivity index (χ3v) is 2.70. The third-order valence-electron chi connectivity index (χ3n) is 2.70. The summed E-state index contributed by atoms with van der Waals surface area (Å²) in [6.07, 6.45) is 3.10. The Morgan fingerprint density at radius 2 is 2.00 bits per heavy atom. The summed E-state index contributed by atoms with van der Waals surface area (Å²) < 4.78 is 0. The van der Waals surface area contributed by atoms with E-state index in [0.717, 1.165) is 18.2 Å². The normalized spacial score (nSPS) is 13.5. The van der Waals surface area contributed by atoms with Crippen LogP contribution in [-0.4, -0.2) is 23.0 Å². The van der Waals surface area contributed by atoms with Crippen LogP contribution in [0, 0.1) is 5.92 Å². The van der Waals surface area contributed by atoms with Gasteiger partial charge in [-0.1, -0.05) is 19.9 Å². The second-order valence-corrected chi connectivity index (χ2v) is 4.71. The van der Waals surface area contributed by atoms with Crippen molar-refractivity contribution in [2.24, 2.45) is 5.92 Å². The second kappa shape index (κ2) is 5.86. The first-order valence-electron chi connectivity index (χ1n) is 5.69. The molecule has 1 aromatic heterocycles. The van der Waals surface area contributed by atoms with Gasteiger partial charge in [0.05, 0.1) is 5.69 Å². The first kappa shape index (κ1) is 12.2. The second-order valence-electron chi connectivity index (χ2n) is 4.71. The quantitative estimate of drug-likeness (QED) is 0.736. The van der Waals surface area contributed by atoms with Crippen LogP contribution in [0.3, 0.4) is 0 Å². The van der Waals surface area contributed by atoms with Crippen LogP contribution in [0.5, 0.6) is 0 Å². The van der Waals surface area contributed by atoms with E-state index in [9.17, 15) is 0 Å². The van der Waals surface area contributed by atoms with E-state index in [2.05, 4.69) is 43.8 Å². The number of rotatable bonds is 5. The Labute approximate surface area is 93.3 Å². The maximum atomic E-state index is 4.34. The third kappa shape index (κ3) is 4.43. The van der Waals surface area contributed by atoms with Gasteiger partial charge in [0.2, 0.25) is 0 Å². The van der Waals surface area contributed by atoms with Crippen molar-refractivity contribution in [3.8, 4) is 0 Å². The van der Waals surface area contributed by atoms with Gasteiger partial charge in [0.25, 0.3) is 0 Å². The van der Waals surface area contributed by atoms with Crippen molar-refractivity contribution in [3.63, 3.8) is 0 Å². The fourth-order valence-electron chi connectivity index (χ4n) is 1.77. The summed E-state index contributed by atoms with van der Waals surface area (Å²) in [6, 6.07) is 6.70. The van der Waals surface area contributed by atoms with Crippen LogP contribution in [0.1, 0.15) is 32.9 Å². The monoisotopic (exact) mass is 206 g/mol. The minimum atomic E-state index is 0.618. The molecule has 1 atom stereocenters. The topological polar surface area (TPSA) is 16.1 Å². The number of aromatic nitrogens is 1. The molecule has 0 aromatic carbocycles. The number of hydrogen-bond acceptors (Lipinski definition) is 2. The molecule has 15 heavy (non-hydrogen) atoms. The van der Waals surface area contributed by atoms with Crippen LogP contribution < -0.4 is 0 Å². The maximum Gasteiger partial charge on any atom is 0.0543 e. The number of hydrogen-bond donors (Lipinski definition) is 0. The Hall–Kier alpha value is -0.890. The average Bonchev–Trinajstić information content (AvgIpc) is 2.18. The first-order valence-corrected chi connectivity index (χ1v) is 5.69. The zero-order valence-corrected chi connectivity index (χ0v) is 10.3. The molecular formula is C13H22N2. The van der Waals surface area contributed by atoms with Gasteiger partial charge in [-0.2, -0.15) is 0 Å². The predicted octanol–water partition coefficient (Wildman–Crippen LogP) is 2.95. The maximum absolute atomic E-state index is 4.34. The summed E-state index contributed by atoms with van der Waals surface area (Å²) in [4.78, 5) is 6.70. The minimum Gasteiger partial charge on any atom is -0.298 e. The Morgan fingerprint density at radius 3 is 2.53 bits per heavy atom. The smallest absolute Gasteiger partial charge is 0.0543 e. The molecule has 0 fully saturated rings. The Kier molecular flexibility index (Phi) is 4.76. The summed E-state index contributed by atoms with van der Waals surface area (Å²) in [5.74, 6) is 0.756. The lowest BCUT2D eigenvalue weighted by Gasteiger charge is -2.25. The summed E-state index contributed by atoms with van der Waals surface area (Å²) in [6.45, 7) is 7.76. The molecule has 2 heteroatoms. The molecule has 0 unspecified atom stereocenters. The molecule has 0 saturated carbocycles. The van der Waals surface area contributed by atoms with Crippen LogP contribution >= 0.6 is 0 Å². The van der Waals surface area contributed by atoms with Crippen molar-refractivity contribution in [3.05, 3.63) is 30.1 Å². The van der Waals surface area contributed by atoms with Gasteiger partial charge >= 0.3 is 0 Å². The van der Waals surface area contributed by atoms with E-state index < -0.39 is 0 Å². The summed E-state index contributed by atoms with van der Waals surface area (Å²) in [5.41, 5.74) is 1.15. The largest absolute Gasteiger partial charge is 0.298 e. The molecular weight excluding hydrogens is 184 g/mol. The lowest BCUT2D eigenvalue weighted by atomic mass is 10.0. The van der Waals surface area contributed by atoms with Gasteiger partial charge in [0.1, 0.15) is 0 Å². The predicted molar refractivity (Wildman–Crippen MR) is 64.6 cm³/mol. The molecule has 1 aromatic rings. The number of nitrogens with zero attached hydrogens (tertiary/aromatic N) is 2. The molecule has 84 valence electrons. The average molecular weight is 206 g/mol. The highest BCUT2D eigenvalue weighted by atomic mass is 15.1. The minimum absolute atomic E-state index is 0.618. The van der Waals surface area contributed by atoms with E-state index >= 15 is 0 Å². The zero-order chi connectivity index (χ0) is 11.3. The molecule has 0 bridgehead atoms. The van der Waals surface area contributed by atoms with Gasteiger partial charge in [0.15, 0.2) is 0 Å². The number of pyridine rings is 1. The molecule has 0 aliphatic carbocycles. The van der Waals surface area contributed by atoms with Gasteiger partial charge in [0, 0.05) is 18.8 Å². The molecule has 0 aliphatic heterocycles. The van der Waals surface area contributed by atoms with Gasteiger partial charge in [-0.15, -0.1) is 0 Å². The Balaban J connectivity index is 2.45. The molecule has 0 spiro atoms. The van der Waals surface area contributed by atoms with Crippen molar-refractivity contribution >= 4 is 0 Å². The highest BCUT2D eigenvalue weighted by molar-refractivity contribution is 5.03. The van der Waals surface area contributed by atoms with Crippen LogP contribution in [0.4, 0.5) is 0 Å². The molecule has 2 nitrogen and oxygen atoms in total. The van der Waals surface area contributed by atoms with Crippen LogP contribution in [0.15, 0.2) is 24.4 Å². The van der Waals surface area contributed by atoms with Crippen molar-refractivity contribution in [1.29, 1.82) is 0 Å². The summed E-state index contributed by atoms with van der Waals surface area (Å²) in [5, 5.41) is 0. The van der Waals surface area contributed by atoms with Gasteiger partial charge in [-0.05, 0) is 38.4 Å². The lowest BCUT2D eigenvalue weighted by molar-refractivity contribution is 0.218. The zero-order valence-electron chi connectivity index (χ0n) is 10.3. The molecule has 0 saturated heterocycles. The van der Waals surface area contributed by atoms with Crippen molar-refractivity contribution in [1.82, 2.24) is 9.88 Å². The fourth-order valence-corrected chi connectivity index (χ4v) is 1.77. The van der Waals surface area contributed by atoms with E-state index in [1.165, 1.54) is 6.42 Å². The molecule has 0 radical (unpaired) electrons. The summed E-state index contributed by atoms with van der Waals surface area (Å²) >= 11 is 0. The Bertz CT molecular complexity index is 269. The standard InChI is InChI=1S/C13H22N2/c1-11(2)9-12(3)15(4)10-13-7-5-6-8-14-13/h5-8,11-12H,9-10H2,1-4H3/t12-/m1/s1. The van der Waals surface area contributed by atoms with E-state index in [1.54, 1.807) is 0 Å². The lowest BCUT2D eigenvalue weighted by Crippen LogP contribution is -2.30. The molecule has 1 rings (SSSR count). The van der Waals surface area contributed by atoms with Gasteiger partial charge < -0.3 is 0 Å². The molecule has 0 N–H and O–H groups in total. The van der Waals surface area contributed by atoms with Crippen molar-refractivity contribution < 1.29 is 0 Å². The van der Waals surface area contributed by atoms with Gasteiger partial charge in [-0.3, -0.25) is 9.88 Å². The molecule has 1 heterocycles. The van der Waals surface area contributed by atoms with Crippen LogP contribution in [0.2, 0.25) is 0 Å². The first-order chi connectivity index (χ1) is 7.09. The van der Waals surface area contributed by atoms with Crippen molar-refractivity contribution in [2.75, 3.05) is 7.05 Å². The van der Waals surface area contributed by atoms with E-state index in [4.69, 9.17) is 0 Å². The Morgan fingerprint density at radius 1 is 1.27 bits per heavy atom. The van der Waals surface area contributed by atoms with E-state index in [1.807, 2.05) is 18.3 Å². The van der Waals surface area contributed by atoms with Crippen LogP contribution in [-0.2, 0) is 6.54 Å². The van der Waals surface area contributed by atoms with E-state index in [0.29, 0.717) is 6.04 Å². The van der Waals surface area contributed by atoms with Crippen molar-refractivity contribution in [2.45, 2.75) is 39.8 Å². The SMILES string of the molecule is CC(C)C[C@@H](C)N(C)Cc1ccccn1. The van der Waals surface area contributed by atoms with E-state index in [-0.39, 0.29) is 0 Å². The highest BCUT2D eigenvalue weighted by Gasteiger charge is 2.11. The fraction of sp³-hybridized carbons (Fsp3) is 0.615. The summed E-state index contributed by atoms with van der Waals surface area (Å²) in [7, 11) is 2.17. The van der Waals surface area contributed by atoms with Gasteiger partial charge in [-0.25, -0.2) is 0 Å². The molecule has 0 amide bonds. The highest BCUT2D eigenvalue weighted by Crippen LogP contribution is 2.11.